The first-order chi connectivity index (χ1) is 9.56. The van der Waals surface area contributed by atoms with Crippen LogP contribution in [0, 0.1) is 10.1 Å². The van der Waals surface area contributed by atoms with Gasteiger partial charge in [-0.05, 0) is 6.07 Å². The Bertz CT molecular complexity index is 584. The summed E-state index contributed by atoms with van der Waals surface area (Å²) in [6.45, 7) is -1.63. The summed E-state index contributed by atoms with van der Waals surface area (Å²) >= 11 is 11.1. The number of nitro benzene ring substituents is 1. The molecular weight excluding hydrogens is 343 g/mol. The van der Waals surface area contributed by atoms with Crippen LogP contribution in [-0.2, 0) is 0 Å². The average molecular weight is 349 g/mol. The van der Waals surface area contributed by atoms with Gasteiger partial charge in [0.25, 0.3) is 11.6 Å². The zero-order valence-corrected chi connectivity index (χ0v) is 11.4. The predicted molar refractivity (Wildman–Crippen MR) is 66.4 cm³/mol. The smallest absolute Gasteiger partial charge is 0.324 e. The highest BCUT2D eigenvalue weighted by Crippen LogP contribution is 2.33. The fourth-order valence-electron chi connectivity index (χ4n) is 1.22. The molecule has 0 aliphatic carbocycles. The van der Waals surface area contributed by atoms with Crippen LogP contribution in [0.3, 0.4) is 0 Å². The van der Waals surface area contributed by atoms with Gasteiger partial charge in [-0.1, -0.05) is 23.2 Å². The van der Waals surface area contributed by atoms with Crippen LogP contribution in [0.1, 0.15) is 10.4 Å². The normalized spacial score (nSPS) is 11.6. The number of halogens is 6. The van der Waals surface area contributed by atoms with Gasteiger partial charge in [0.15, 0.2) is 0 Å². The molecule has 0 aliphatic rings. The van der Waals surface area contributed by atoms with Gasteiger partial charge in [0.2, 0.25) is 0 Å². The number of benzene rings is 1. The number of alkyl halides is 4. The van der Waals surface area contributed by atoms with Crippen LogP contribution >= 0.6 is 23.2 Å². The van der Waals surface area contributed by atoms with E-state index in [-0.39, 0.29) is 5.02 Å². The van der Waals surface area contributed by atoms with Crippen molar-refractivity contribution in [1.82, 2.24) is 5.32 Å². The summed E-state index contributed by atoms with van der Waals surface area (Å²) in [5.74, 6) is -5.64. The molecular formula is C10H6Cl2F4N2O3. The molecule has 11 heteroatoms. The number of amides is 1. The lowest BCUT2D eigenvalue weighted by Gasteiger charge is -2.15. The Morgan fingerprint density at radius 3 is 2.43 bits per heavy atom. The second kappa shape index (κ2) is 6.44. The SMILES string of the molecule is O=C(NCC(F)(F)C(F)F)c1cc(Cl)c(Cl)c([N+](=O)[O-])c1. The molecule has 0 saturated heterocycles. The summed E-state index contributed by atoms with van der Waals surface area (Å²) in [5, 5.41) is 11.4. The highest BCUT2D eigenvalue weighted by Gasteiger charge is 2.41. The van der Waals surface area contributed by atoms with E-state index in [4.69, 9.17) is 23.2 Å². The van der Waals surface area contributed by atoms with E-state index in [1.165, 1.54) is 0 Å². The number of nitrogens with one attached hydrogen (secondary N) is 1. The first-order valence-corrected chi connectivity index (χ1v) is 5.89. The van der Waals surface area contributed by atoms with Crippen LogP contribution < -0.4 is 5.32 Å². The lowest BCUT2D eigenvalue weighted by Crippen LogP contribution is -2.41. The van der Waals surface area contributed by atoms with Crippen LogP contribution in [0.4, 0.5) is 23.2 Å². The van der Waals surface area contributed by atoms with Crippen molar-refractivity contribution in [3.63, 3.8) is 0 Å². The molecule has 1 aromatic carbocycles. The van der Waals surface area contributed by atoms with Gasteiger partial charge >= 0.3 is 12.3 Å². The largest absolute Gasteiger partial charge is 0.346 e. The Hall–Kier alpha value is -1.61. The molecule has 0 spiro atoms. The van der Waals surface area contributed by atoms with Gasteiger partial charge < -0.3 is 5.32 Å². The maximum atomic E-state index is 12.7. The number of nitro groups is 1. The van der Waals surface area contributed by atoms with E-state index in [9.17, 15) is 32.5 Å². The fourth-order valence-corrected chi connectivity index (χ4v) is 1.61. The molecule has 0 saturated carbocycles. The van der Waals surface area contributed by atoms with Crippen LogP contribution in [-0.4, -0.2) is 29.7 Å². The summed E-state index contributed by atoms with van der Waals surface area (Å²) in [6.07, 6.45) is -3.96. The van der Waals surface area contributed by atoms with E-state index < -0.39 is 46.0 Å². The second-order valence-electron chi connectivity index (χ2n) is 3.79. The quantitative estimate of drug-likeness (QED) is 0.502. The minimum absolute atomic E-state index is 0.350. The van der Waals surface area contributed by atoms with E-state index in [1.807, 2.05) is 0 Å². The van der Waals surface area contributed by atoms with Crippen molar-refractivity contribution >= 4 is 34.8 Å². The van der Waals surface area contributed by atoms with Crippen molar-refractivity contribution in [1.29, 1.82) is 0 Å². The van der Waals surface area contributed by atoms with Crippen molar-refractivity contribution < 1.29 is 27.3 Å². The first kappa shape index (κ1) is 17.4. The van der Waals surface area contributed by atoms with Gasteiger partial charge in [-0.25, -0.2) is 8.78 Å². The molecule has 0 atom stereocenters. The van der Waals surface area contributed by atoms with E-state index in [0.29, 0.717) is 6.07 Å². The molecule has 1 aromatic rings. The van der Waals surface area contributed by atoms with Crippen LogP contribution in [0.5, 0.6) is 0 Å². The number of carbonyl (C=O) groups excluding carboxylic acids is 1. The van der Waals surface area contributed by atoms with E-state index >= 15 is 0 Å². The maximum absolute atomic E-state index is 12.7. The number of carbonyl (C=O) groups is 1. The minimum atomic E-state index is -4.42. The second-order valence-corrected chi connectivity index (χ2v) is 4.58. The molecule has 5 nitrogen and oxygen atoms in total. The number of hydrogen-bond acceptors (Lipinski definition) is 3. The molecule has 0 heterocycles. The molecule has 1 rings (SSSR count). The highest BCUT2D eigenvalue weighted by molar-refractivity contribution is 6.43. The summed E-state index contributed by atoms with van der Waals surface area (Å²) in [4.78, 5) is 21.3. The van der Waals surface area contributed by atoms with Gasteiger partial charge in [0, 0.05) is 11.6 Å². The number of hydrogen-bond donors (Lipinski definition) is 1. The van der Waals surface area contributed by atoms with Crippen molar-refractivity contribution in [2.45, 2.75) is 12.3 Å². The van der Waals surface area contributed by atoms with Crippen LogP contribution in [0.15, 0.2) is 12.1 Å². The topological polar surface area (TPSA) is 72.2 Å². The van der Waals surface area contributed by atoms with Gasteiger partial charge in [-0.3, -0.25) is 14.9 Å². The van der Waals surface area contributed by atoms with E-state index in [1.54, 1.807) is 5.32 Å². The zero-order valence-electron chi connectivity index (χ0n) is 9.88. The lowest BCUT2D eigenvalue weighted by molar-refractivity contribution is -0.384. The van der Waals surface area contributed by atoms with Crippen molar-refractivity contribution in [3.05, 3.63) is 37.9 Å². The maximum Gasteiger partial charge on any atom is 0.324 e. The van der Waals surface area contributed by atoms with Crippen LogP contribution in [0.25, 0.3) is 0 Å². The predicted octanol–water partition coefficient (Wildman–Crippen LogP) is 3.53. The lowest BCUT2D eigenvalue weighted by atomic mass is 10.2. The third kappa shape index (κ3) is 4.18. The minimum Gasteiger partial charge on any atom is -0.346 e. The summed E-state index contributed by atoms with van der Waals surface area (Å²) in [5.41, 5.74) is -1.17. The fraction of sp³-hybridized carbons (Fsp3) is 0.300. The van der Waals surface area contributed by atoms with Crippen molar-refractivity contribution in [2.75, 3.05) is 6.54 Å². The Morgan fingerprint density at radius 2 is 1.95 bits per heavy atom. The van der Waals surface area contributed by atoms with Crippen LogP contribution in [0.2, 0.25) is 10.0 Å². The average Bonchev–Trinajstić information content (AvgIpc) is 2.38. The van der Waals surface area contributed by atoms with Crippen molar-refractivity contribution in [2.24, 2.45) is 0 Å². The van der Waals surface area contributed by atoms with Gasteiger partial charge in [0.05, 0.1) is 16.5 Å². The third-order valence-corrected chi connectivity index (χ3v) is 3.06. The van der Waals surface area contributed by atoms with E-state index in [0.717, 1.165) is 6.07 Å². The van der Waals surface area contributed by atoms with Gasteiger partial charge in [-0.15, -0.1) is 0 Å². The molecule has 21 heavy (non-hydrogen) atoms. The highest BCUT2D eigenvalue weighted by atomic mass is 35.5. The zero-order chi connectivity index (χ0) is 16.4. The van der Waals surface area contributed by atoms with Crippen molar-refractivity contribution in [3.8, 4) is 0 Å². The third-order valence-electron chi connectivity index (χ3n) is 2.27. The Balaban J connectivity index is 2.96. The number of nitrogens with zero attached hydrogens (tertiary/aromatic N) is 1. The Labute approximate surface area is 125 Å². The summed E-state index contributed by atoms with van der Waals surface area (Å²) in [7, 11) is 0. The van der Waals surface area contributed by atoms with E-state index in [2.05, 4.69) is 0 Å². The molecule has 116 valence electrons. The molecule has 1 amide bonds. The molecule has 0 radical (unpaired) electrons. The summed E-state index contributed by atoms with van der Waals surface area (Å²) < 4.78 is 49.2. The summed E-state index contributed by atoms with van der Waals surface area (Å²) in [6, 6.07) is 1.59. The molecule has 0 fully saturated rings. The number of rotatable bonds is 5. The molecule has 0 bridgehead atoms. The molecule has 0 aromatic heterocycles. The molecule has 0 unspecified atom stereocenters. The molecule has 1 N–H and O–H groups in total. The Morgan fingerprint density at radius 1 is 1.38 bits per heavy atom. The molecule has 0 aliphatic heterocycles. The Kier molecular flexibility index (Phi) is 5.35. The first-order valence-electron chi connectivity index (χ1n) is 5.14. The standard InChI is InChI=1S/C10H6Cl2F4N2O3/c11-5-1-4(2-6(7(5)12)18(20)21)8(19)17-3-10(15,16)9(13)14/h1-2,9H,3H2,(H,17,19). The van der Waals surface area contributed by atoms with Gasteiger partial charge in [-0.2, -0.15) is 8.78 Å². The van der Waals surface area contributed by atoms with Gasteiger partial charge in [0.1, 0.15) is 5.02 Å². The monoisotopic (exact) mass is 348 g/mol.